The molecule has 2 nitrogen and oxygen atoms in total. The van der Waals surface area contributed by atoms with Gasteiger partial charge in [0.15, 0.2) is 5.78 Å². The molecule has 0 amide bonds. The minimum Gasteiger partial charge on any atom is -0.391 e. The molecule has 0 aliphatic rings. The summed E-state index contributed by atoms with van der Waals surface area (Å²) in [5.41, 5.74) is 0.714. The van der Waals surface area contributed by atoms with Crippen LogP contribution < -0.4 is 5.32 Å². The van der Waals surface area contributed by atoms with E-state index in [4.69, 9.17) is 0 Å². The van der Waals surface area contributed by atoms with Crippen molar-refractivity contribution in [3.05, 3.63) is 11.8 Å². The number of carbonyl (C=O) groups is 1. The molecule has 1 N–H and O–H groups in total. The quantitative estimate of drug-likeness (QED) is 0.617. The number of carbonyl (C=O) groups excluding carboxylic acids is 1. The Bertz CT molecular complexity index is 386. The van der Waals surface area contributed by atoms with E-state index >= 15 is 0 Å². The minimum atomic E-state index is -0.322. The topological polar surface area (TPSA) is 29.1 Å². The van der Waals surface area contributed by atoms with Gasteiger partial charge in [-0.15, -0.1) is 0 Å². The summed E-state index contributed by atoms with van der Waals surface area (Å²) < 4.78 is 0. The molecule has 0 spiro atoms. The Balaban J connectivity index is 5.94. The van der Waals surface area contributed by atoms with Crippen LogP contribution in [0.4, 0.5) is 0 Å². The molecule has 0 fully saturated rings. The highest BCUT2D eigenvalue weighted by molar-refractivity contribution is 5.95. The summed E-state index contributed by atoms with van der Waals surface area (Å²) in [5.74, 6) is 1.80. The van der Waals surface area contributed by atoms with Gasteiger partial charge in [-0.05, 0) is 23.7 Å². The third-order valence-electron chi connectivity index (χ3n) is 6.45. The van der Waals surface area contributed by atoms with Crippen molar-refractivity contribution in [2.45, 2.75) is 69.2 Å². The number of rotatable bonds is 8. The second-order valence-corrected chi connectivity index (χ2v) is 8.36. The standard InChI is InChI=1S/C20H39NO/c1-13(2)19(9,14(3)4)17(21-11)12-18(22)20(10,15(5)6)16(7)8/h12-16,21H,1-11H3/b17-12-. The highest BCUT2D eigenvalue weighted by Gasteiger charge is 2.41. The Morgan fingerprint density at radius 1 is 0.773 bits per heavy atom. The molecule has 0 rings (SSSR count). The molecule has 22 heavy (non-hydrogen) atoms. The summed E-state index contributed by atoms with van der Waals surface area (Å²) >= 11 is 0. The zero-order valence-corrected chi connectivity index (χ0v) is 16.8. The average molecular weight is 310 g/mol. The van der Waals surface area contributed by atoms with Crippen molar-refractivity contribution < 1.29 is 4.79 Å². The van der Waals surface area contributed by atoms with E-state index in [1.54, 1.807) is 0 Å². The molecule has 0 aromatic rings. The van der Waals surface area contributed by atoms with Crippen molar-refractivity contribution in [1.29, 1.82) is 0 Å². The van der Waals surface area contributed by atoms with E-state index in [-0.39, 0.29) is 16.6 Å². The zero-order chi connectivity index (χ0) is 17.9. The Kier molecular flexibility index (Phi) is 7.38. The maximum Gasteiger partial charge on any atom is 0.163 e. The van der Waals surface area contributed by atoms with Gasteiger partial charge in [-0.2, -0.15) is 0 Å². The van der Waals surface area contributed by atoms with E-state index in [9.17, 15) is 4.79 Å². The van der Waals surface area contributed by atoms with Crippen LogP contribution in [0.15, 0.2) is 11.8 Å². The molecule has 0 bridgehead atoms. The molecule has 0 saturated heterocycles. The summed E-state index contributed by atoms with van der Waals surface area (Å²) in [6.07, 6.45) is 1.89. The number of hydrogen-bond acceptors (Lipinski definition) is 2. The predicted octanol–water partition coefficient (Wildman–Crippen LogP) is 5.30. The van der Waals surface area contributed by atoms with E-state index < -0.39 is 0 Å². The van der Waals surface area contributed by atoms with Crippen LogP contribution in [0, 0.1) is 34.5 Å². The first kappa shape index (κ1) is 21.2. The van der Waals surface area contributed by atoms with Crippen LogP contribution in [-0.2, 0) is 4.79 Å². The van der Waals surface area contributed by atoms with Gasteiger partial charge in [0.1, 0.15) is 0 Å². The summed E-state index contributed by atoms with van der Waals surface area (Å²) in [7, 11) is 1.93. The molecule has 2 heteroatoms. The molecule has 0 saturated carbocycles. The number of hydrogen-bond donors (Lipinski definition) is 1. The molecule has 0 unspecified atom stereocenters. The van der Waals surface area contributed by atoms with Crippen LogP contribution in [0.5, 0.6) is 0 Å². The van der Waals surface area contributed by atoms with Crippen molar-refractivity contribution in [3.8, 4) is 0 Å². The third kappa shape index (κ3) is 3.75. The van der Waals surface area contributed by atoms with Crippen LogP contribution in [0.2, 0.25) is 0 Å². The number of ketones is 1. The lowest BCUT2D eigenvalue weighted by atomic mass is 9.65. The molecule has 0 radical (unpaired) electrons. The second kappa shape index (κ2) is 7.66. The first-order chi connectivity index (χ1) is 9.86. The molecular formula is C20H39NO. The van der Waals surface area contributed by atoms with E-state index in [2.05, 4.69) is 74.6 Å². The lowest BCUT2D eigenvalue weighted by Gasteiger charge is -2.41. The van der Waals surface area contributed by atoms with E-state index in [1.807, 2.05) is 13.1 Å². The van der Waals surface area contributed by atoms with Crippen molar-refractivity contribution in [3.63, 3.8) is 0 Å². The fourth-order valence-corrected chi connectivity index (χ4v) is 3.31. The SMILES string of the molecule is CN/C(=C\C(=O)C(C)(C(C)C)C(C)C)C(C)(C(C)C)C(C)C. The molecule has 0 atom stereocenters. The maximum atomic E-state index is 13.1. The first-order valence-corrected chi connectivity index (χ1v) is 8.80. The van der Waals surface area contributed by atoms with Crippen molar-refractivity contribution in [2.24, 2.45) is 34.5 Å². The molecule has 0 aromatic heterocycles. The van der Waals surface area contributed by atoms with Crippen molar-refractivity contribution in [1.82, 2.24) is 5.32 Å². The van der Waals surface area contributed by atoms with Crippen molar-refractivity contribution >= 4 is 5.78 Å². The summed E-state index contributed by atoms with van der Waals surface area (Å²) in [6, 6.07) is 0. The van der Waals surface area contributed by atoms with Gasteiger partial charge in [0.25, 0.3) is 0 Å². The van der Waals surface area contributed by atoms with Crippen LogP contribution in [0.25, 0.3) is 0 Å². The molecule has 0 aliphatic heterocycles. The molecular weight excluding hydrogens is 270 g/mol. The van der Waals surface area contributed by atoms with Gasteiger partial charge in [0.2, 0.25) is 0 Å². The summed E-state index contributed by atoms with van der Waals surface area (Å²) in [5, 5.41) is 3.33. The Morgan fingerprint density at radius 3 is 1.32 bits per heavy atom. The van der Waals surface area contributed by atoms with Crippen LogP contribution in [-0.4, -0.2) is 12.8 Å². The Morgan fingerprint density at radius 2 is 1.09 bits per heavy atom. The van der Waals surface area contributed by atoms with Crippen LogP contribution >= 0.6 is 0 Å². The van der Waals surface area contributed by atoms with Gasteiger partial charge in [-0.3, -0.25) is 4.79 Å². The molecule has 130 valence electrons. The van der Waals surface area contributed by atoms with Crippen molar-refractivity contribution in [2.75, 3.05) is 7.05 Å². The zero-order valence-electron chi connectivity index (χ0n) is 16.8. The molecule has 0 aromatic carbocycles. The van der Waals surface area contributed by atoms with Crippen LogP contribution in [0.3, 0.4) is 0 Å². The second-order valence-electron chi connectivity index (χ2n) is 8.36. The third-order valence-corrected chi connectivity index (χ3v) is 6.45. The Labute approximate surface area is 139 Å². The lowest BCUT2D eigenvalue weighted by Crippen LogP contribution is -2.41. The first-order valence-electron chi connectivity index (χ1n) is 8.80. The van der Waals surface area contributed by atoms with E-state index in [0.29, 0.717) is 23.7 Å². The highest BCUT2D eigenvalue weighted by Crippen LogP contribution is 2.43. The van der Waals surface area contributed by atoms with Gasteiger partial charge in [0.05, 0.1) is 0 Å². The lowest BCUT2D eigenvalue weighted by molar-refractivity contribution is -0.128. The Hall–Kier alpha value is -0.790. The fourth-order valence-electron chi connectivity index (χ4n) is 3.31. The maximum absolute atomic E-state index is 13.1. The molecule has 0 heterocycles. The van der Waals surface area contributed by atoms with Gasteiger partial charge >= 0.3 is 0 Å². The minimum absolute atomic E-state index is 0.0285. The fraction of sp³-hybridized carbons (Fsp3) is 0.850. The number of nitrogens with one attached hydrogen (secondary N) is 1. The summed E-state index contributed by atoms with van der Waals surface area (Å²) in [4.78, 5) is 13.1. The average Bonchev–Trinajstić information content (AvgIpc) is 2.41. The number of allylic oxidation sites excluding steroid dienone is 2. The smallest absolute Gasteiger partial charge is 0.163 e. The largest absolute Gasteiger partial charge is 0.391 e. The normalized spacial score (nSPS) is 14.4. The highest BCUT2D eigenvalue weighted by atomic mass is 16.1. The van der Waals surface area contributed by atoms with Gasteiger partial charge in [-0.25, -0.2) is 0 Å². The van der Waals surface area contributed by atoms with Gasteiger partial charge in [-0.1, -0.05) is 69.2 Å². The predicted molar refractivity (Wildman–Crippen MR) is 97.7 cm³/mol. The van der Waals surface area contributed by atoms with E-state index in [0.717, 1.165) is 5.70 Å². The van der Waals surface area contributed by atoms with Gasteiger partial charge in [0, 0.05) is 29.7 Å². The van der Waals surface area contributed by atoms with Crippen LogP contribution in [0.1, 0.15) is 69.2 Å². The summed E-state index contributed by atoms with van der Waals surface area (Å²) in [6.45, 7) is 21.9. The monoisotopic (exact) mass is 309 g/mol. The van der Waals surface area contributed by atoms with E-state index in [1.165, 1.54) is 0 Å². The van der Waals surface area contributed by atoms with Gasteiger partial charge < -0.3 is 5.32 Å². The molecule has 0 aliphatic carbocycles.